The highest BCUT2D eigenvalue weighted by Gasteiger charge is 2.27. The zero-order valence-corrected chi connectivity index (χ0v) is 9.15. The van der Waals surface area contributed by atoms with E-state index in [1.165, 1.54) is 0 Å². The molecular formula is C11H20N2O2. The maximum absolute atomic E-state index is 11.8. The molecule has 0 radical (unpaired) electrons. The van der Waals surface area contributed by atoms with E-state index in [0.29, 0.717) is 5.92 Å². The molecule has 0 spiro atoms. The number of amides is 1. The van der Waals surface area contributed by atoms with E-state index in [1.807, 2.05) is 4.90 Å². The fraction of sp³-hybridized carbons (Fsp3) is 0.909. The van der Waals surface area contributed by atoms with E-state index in [-0.39, 0.29) is 11.9 Å². The van der Waals surface area contributed by atoms with E-state index in [0.717, 1.165) is 52.0 Å². The number of nitrogens with two attached hydrogens (primary N) is 1. The van der Waals surface area contributed by atoms with Gasteiger partial charge in [-0.3, -0.25) is 4.79 Å². The Labute approximate surface area is 90.8 Å². The monoisotopic (exact) mass is 212 g/mol. The SMILES string of the molecule is NC1CCCN(CC2CCOCC2)C1=O. The summed E-state index contributed by atoms with van der Waals surface area (Å²) in [7, 11) is 0. The van der Waals surface area contributed by atoms with Crippen LogP contribution >= 0.6 is 0 Å². The van der Waals surface area contributed by atoms with E-state index < -0.39 is 0 Å². The van der Waals surface area contributed by atoms with Crippen LogP contribution in [0, 0.1) is 5.92 Å². The maximum Gasteiger partial charge on any atom is 0.239 e. The third-order valence-electron chi connectivity index (χ3n) is 3.39. The Morgan fingerprint density at radius 1 is 1.33 bits per heavy atom. The van der Waals surface area contributed by atoms with Crippen molar-refractivity contribution < 1.29 is 9.53 Å². The molecule has 2 N–H and O–H groups in total. The van der Waals surface area contributed by atoms with E-state index in [4.69, 9.17) is 10.5 Å². The van der Waals surface area contributed by atoms with Crippen molar-refractivity contribution in [3.05, 3.63) is 0 Å². The Morgan fingerprint density at radius 3 is 2.80 bits per heavy atom. The molecule has 15 heavy (non-hydrogen) atoms. The molecule has 0 saturated carbocycles. The third-order valence-corrected chi connectivity index (χ3v) is 3.39. The second-order valence-corrected chi connectivity index (χ2v) is 4.59. The normalized spacial score (nSPS) is 29.5. The second kappa shape index (κ2) is 4.94. The lowest BCUT2D eigenvalue weighted by Gasteiger charge is -2.34. The van der Waals surface area contributed by atoms with Gasteiger partial charge >= 0.3 is 0 Å². The summed E-state index contributed by atoms with van der Waals surface area (Å²) in [5, 5.41) is 0. The van der Waals surface area contributed by atoms with Gasteiger partial charge in [0.1, 0.15) is 0 Å². The highest BCUT2D eigenvalue weighted by Crippen LogP contribution is 2.19. The Kier molecular flexibility index (Phi) is 3.59. The minimum Gasteiger partial charge on any atom is -0.381 e. The number of rotatable bonds is 2. The minimum absolute atomic E-state index is 0.146. The number of carbonyl (C=O) groups is 1. The quantitative estimate of drug-likeness (QED) is 0.719. The van der Waals surface area contributed by atoms with Crippen molar-refractivity contribution in [3.8, 4) is 0 Å². The molecule has 2 rings (SSSR count). The molecule has 4 nitrogen and oxygen atoms in total. The number of hydrogen-bond acceptors (Lipinski definition) is 3. The number of nitrogens with zero attached hydrogens (tertiary/aromatic N) is 1. The van der Waals surface area contributed by atoms with Crippen molar-refractivity contribution in [2.75, 3.05) is 26.3 Å². The van der Waals surface area contributed by atoms with E-state index in [9.17, 15) is 4.79 Å². The van der Waals surface area contributed by atoms with Crippen LogP contribution in [-0.4, -0.2) is 43.2 Å². The van der Waals surface area contributed by atoms with Crippen LogP contribution in [0.2, 0.25) is 0 Å². The van der Waals surface area contributed by atoms with Gasteiger partial charge in [-0.1, -0.05) is 0 Å². The standard InChI is InChI=1S/C11H20N2O2/c12-10-2-1-5-13(11(10)14)8-9-3-6-15-7-4-9/h9-10H,1-8,12H2. The molecular weight excluding hydrogens is 192 g/mol. The predicted octanol–water partition coefficient (Wildman–Crippen LogP) is 0.363. The van der Waals surface area contributed by atoms with Crippen LogP contribution in [0.25, 0.3) is 0 Å². The lowest BCUT2D eigenvalue weighted by atomic mass is 9.97. The largest absolute Gasteiger partial charge is 0.381 e. The molecule has 0 aromatic rings. The molecule has 1 atom stereocenters. The van der Waals surface area contributed by atoms with Gasteiger partial charge in [0, 0.05) is 26.3 Å². The Hall–Kier alpha value is -0.610. The lowest BCUT2D eigenvalue weighted by molar-refractivity contribution is -0.136. The topological polar surface area (TPSA) is 55.6 Å². The fourth-order valence-corrected chi connectivity index (χ4v) is 2.39. The summed E-state index contributed by atoms with van der Waals surface area (Å²) in [5.41, 5.74) is 5.76. The van der Waals surface area contributed by atoms with Gasteiger partial charge in [-0.15, -0.1) is 0 Å². The Morgan fingerprint density at radius 2 is 2.07 bits per heavy atom. The summed E-state index contributed by atoms with van der Waals surface area (Å²) >= 11 is 0. The van der Waals surface area contributed by atoms with E-state index >= 15 is 0 Å². The first-order chi connectivity index (χ1) is 7.27. The number of ether oxygens (including phenoxy) is 1. The van der Waals surface area contributed by atoms with Crippen molar-refractivity contribution in [2.24, 2.45) is 11.7 Å². The zero-order chi connectivity index (χ0) is 10.7. The number of likely N-dealkylation sites (tertiary alicyclic amines) is 1. The van der Waals surface area contributed by atoms with Crippen LogP contribution in [0.4, 0.5) is 0 Å². The first-order valence-electron chi connectivity index (χ1n) is 5.89. The number of carbonyl (C=O) groups excluding carboxylic acids is 1. The molecule has 2 aliphatic rings. The van der Waals surface area contributed by atoms with Crippen molar-refractivity contribution in [2.45, 2.75) is 31.7 Å². The number of piperidine rings is 1. The second-order valence-electron chi connectivity index (χ2n) is 4.59. The van der Waals surface area contributed by atoms with Crippen molar-refractivity contribution in [1.29, 1.82) is 0 Å². The van der Waals surface area contributed by atoms with Crippen LogP contribution in [-0.2, 0) is 9.53 Å². The first-order valence-corrected chi connectivity index (χ1v) is 5.89. The lowest BCUT2D eigenvalue weighted by Crippen LogP contribution is -2.50. The molecule has 0 aromatic carbocycles. The van der Waals surface area contributed by atoms with Crippen molar-refractivity contribution in [3.63, 3.8) is 0 Å². The maximum atomic E-state index is 11.8. The van der Waals surface area contributed by atoms with Crippen LogP contribution in [0.1, 0.15) is 25.7 Å². The molecule has 1 unspecified atom stereocenters. The van der Waals surface area contributed by atoms with Gasteiger partial charge in [-0.2, -0.15) is 0 Å². The van der Waals surface area contributed by atoms with Gasteiger partial charge in [0.2, 0.25) is 5.91 Å². The molecule has 2 aliphatic heterocycles. The fourth-order valence-electron chi connectivity index (χ4n) is 2.39. The van der Waals surface area contributed by atoms with Crippen molar-refractivity contribution in [1.82, 2.24) is 4.90 Å². The van der Waals surface area contributed by atoms with Gasteiger partial charge in [0.15, 0.2) is 0 Å². The summed E-state index contributed by atoms with van der Waals surface area (Å²) in [6, 6.07) is -0.251. The summed E-state index contributed by atoms with van der Waals surface area (Å²) < 4.78 is 5.31. The predicted molar refractivity (Wildman–Crippen MR) is 57.3 cm³/mol. The summed E-state index contributed by atoms with van der Waals surface area (Å²) in [5.74, 6) is 0.765. The Bertz CT molecular complexity index is 227. The van der Waals surface area contributed by atoms with Crippen LogP contribution in [0.3, 0.4) is 0 Å². The first kappa shape index (κ1) is 10.9. The highest BCUT2D eigenvalue weighted by atomic mass is 16.5. The molecule has 86 valence electrons. The molecule has 0 aromatic heterocycles. The van der Waals surface area contributed by atoms with Crippen LogP contribution in [0.15, 0.2) is 0 Å². The molecule has 4 heteroatoms. The van der Waals surface area contributed by atoms with Gasteiger partial charge in [-0.25, -0.2) is 0 Å². The van der Waals surface area contributed by atoms with Gasteiger partial charge in [0.25, 0.3) is 0 Å². The molecule has 2 heterocycles. The zero-order valence-electron chi connectivity index (χ0n) is 9.15. The molecule has 0 bridgehead atoms. The summed E-state index contributed by atoms with van der Waals surface area (Å²) in [6.07, 6.45) is 4.07. The van der Waals surface area contributed by atoms with E-state index in [1.54, 1.807) is 0 Å². The highest BCUT2D eigenvalue weighted by molar-refractivity contribution is 5.82. The van der Waals surface area contributed by atoms with Gasteiger partial charge < -0.3 is 15.4 Å². The molecule has 0 aliphatic carbocycles. The molecule has 1 amide bonds. The van der Waals surface area contributed by atoms with Crippen molar-refractivity contribution >= 4 is 5.91 Å². The van der Waals surface area contributed by atoms with Crippen LogP contribution < -0.4 is 5.73 Å². The summed E-state index contributed by atoms with van der Waals surface area (Å²) in [4.78, 5) is 13.7. The Balaban J connectivity index is 1.84. The number of hydrogen-bond donors (Lipinski definition) is 1. The molecule has 2 fully saturated rings. The molecule has 2 saturated heterocycles. The smallest absolute Gasteiger partial charge is 0.239 e. The third kappa shape index (κ3) is 2.69. The summed E-state index contributed by atoms with van der Waals surface area (Å²) in [6.45, 7) is 3.47. The van der Waals surface area contributed by atoms with Gasteiger partial charge in [-0.05, 0) is 31.6 Å². The van der Waals surface area contributed by atoms with Gasteiger partial charge in [0.05, 0.1) is 6.04 Å². The average Bonchev–Trinajstić information content (AvgIpc) is 2.26. The van der Waals surface area contributed by atoms with E-state index in [2.05, 4.69) is 0 Å². The minimum atomic E-state index is -0.251. The van der Waals surface area contributed by atoms with Crippen LogP contribution in [0.5, 0.6) is 0 Å². The average molecular weight is 212 g/mol.